The molecule has 0 fully saturated rings. The van der Waals surface area contributed by atoms with Crippen molar-refractivity contribution >= 4 is 27.3 Å². The lowest BCUT2D eigenvalue weighted by Crippen LogP contribution is -2.17. The van der Waals surface area contributed by atoms with E-state index in [1.165, 1.54) is 10.9 Å². The molecule has 0 bridgehead atoms. The van der Waals surface area contributed by atoms with Crippen molar-refractivity contribution < 1.29 is 4.39 Å². The van der Waals surface area contributed by atoms with Crippen LogP contribution in [0.5, 0.6) is 0 Å². The van der Waals surface area contributed by atoms with Crippen molar-refractivity contribution in [1.29, 1.82) is 0 Å². The highest BCUT2D eigenvalue weighted by Gasteiger charge is 2.15. The molecule has 0 amide bonds. The molecule has 1 atom stereocenters. The summed E-state index contributed by atoms with van der Waals surface area (Å²) >= 11 is 5.09. The van der Waals surface area contributed by atoms with Gasteiger partial charge in [-0.1, -0.05) is 18.2 Å². The maximum atomic E-state index is 13.5. The SMILES string of the molecule is CNC(CCc1cccs1)c1cccc(F)c1Br. The summed E-state index contributed by atoms with van der Waals surface area (Å²) in [6.07, 6.45) is 1.96. The van der Waals surface area contributed by atoms with Crippen LogP contribution in [0.1, 0.15) is 22.9 Å². The van der Waals surface area contributed by atoms with Crippen LogP contribution in [0.25, 0.3) is 0 Å². The molecular formula is C14H15BrFNS. The van der Waals surface area contributed by atoms with E-state index in [9.17, 15) is 4.39 Å². The van der Waals surface area contributed by atoms with Gasteiger partial charge in [-0.15, -0.1) is 11.3 Å². The van der Waals surface area contributed by atoms with Gasteiger partial charge in [0.15, 0.2) is 0 Å². The summed E-state index contributed by atoms with van der Waals surface area (Å²) in [6.45, 7) is 0. The fourth-order valence-corrected chi connectivity index (χ4v) is 3.25. The largest absolute Gasteiger partial charge is 0.313 e. The molecule has 96 valence electrons. The van der Waals surface area contributed by atoms with E-state index >= 15 is 0 Å². The first-order valence-corrected chi connectivity index (χ1v) is 7.53. The summed E-state index contributed by atoms with van der Waals surface area (Å²) in [5.41, 5.74) is 0.981. The molecule has 1 N–H and O–H groups in total. The Kier molecular flexibility index (Phi) is 4.92. The van der Waals surface area contributed by atoms with Crippen molar-refractivity contribution in [2.75, 3.05) is 7.05 Å². The molecule has 2 rings (SSSR count). The van der Waals surface area contributed by atoms with Crippen LogP contribution in [0.4, 0.5) is 4.39 Å². The lowest BCUT2D eigenvalue weighted by atomic mass is 10.0. The van der Waals surface area contributed by atoms with Crippen LogP contribution in [0, 0.1) is 5.82 Å². The highest BCUT2D eigenvalue weighted by Crippen LogP contribution is 2.29. The molecule has 0 aliphatic rings. The van der Waals surface area contributed by atoms with Gasteiger partial charge in [0.05, 0.1) is 4.47 Å². The van der Waals surface area contributed by atoms with E-state index in [0.29, 0.717) is 4.47 Å². The molecule has 0 radical (unpaired) electrons. The van der Waals surface area contributed by atoms with Crippen molar-refractivity contribution in [1.82, 2.24) is 5.32 Å². The van der Waals surface area contributed by atoms with Gasteiger partial charge in [0.25, 0.3) is 0 Å². The van der Waals surface area contributed by atoms with Crippen LogP contribution < -0.4 is 5.32 Å². The van der Waals surface area contributed by atoms with E-state index in [2.05, 4.69) is 38.8 Å². The summed E-state index contributed by atoms with van der Waals surface area (Å²) in [5.74, 6) is -0.205. The van der Waals surface area contributed by atoms with Crippen molar-refractivity contribution in [2.45, 2.75) is 18.9 Å². The lowest BCUT2D eigenvalue weighted by molar-refractivity contribution is 0.540. The summed E-state index contributed by atoms with van der Waals surface area (Å²) < 4.78 is 14.1. The first kappa shape index (κ1) is 13.7. The first-order valence-electron chi connectivity index (χ1n) is 5.86. The Bertz CT molecular complexity index is 499. The molecule has 0 saturated carbocycles. The van der Waals surface area contributed by atoms with Crippen LogP contribution in [-0.4, -0.2) is 7.05 Å². The highest BCUT2D eigenvalue weighted by atomic mass is 79.9. The number of nitrogens with one attached hydrogen (secondary N) is 1. The number of benzene rings is 1. The Labute approximate surface area is 119 Å². The minimum atomic E-state index is -0.205. The summed E-state index contributed by atoms with van der Waals surface area (Å²) in [4.78, 5) is 1.36. The molecule has 18 heavy (non-hydrogen) atoms. The zero-order valence-electron chi connectivity index (χ0n) is 10.1. The number of hydrogen-bond acceptors (Lipinski definition) is 2. The van der Waals surface area contributed by atoms with Gasteiger partial charge in [0, 0.05) is 10.9 Å². The second-order valence-electron chi connectivity index (χ2n) is 4.10. The van der Waals surface area contributed by atoms with E-state index < -0.39 is 0 Å². The normalized spacial score (nSPS) is 12.6. The fraction of sp³-hybridized carbons (Fsp3) is 0.286. The van der Waals surface area contributed by atoms with Crippen molar-refractivity contribution in [3.8, 4) is 0 Å². The third-order valence-electron chi connectivity index (χ3n) is 2.96. The Balaban J connectivity index is 2.10. The third-order valence-corrected chi connectivity index (χ3v) is 4.74. The van der Waals surface area contributed by atoms with Gasteiger partial charge in [-0.25, -0.2) is 4.39 Å². The minimum Gasteiger partial charge on any atom is -0.313 e. The molecule has 1 aromatic heterocycles. The molecule has 2 aromatic rings. The zero-order chi connectivity index (χ0) is 13.0. The number of thiophene rings is 1. The second-order valence-corrected chi connectivity index (χ2v) is 5.93. The van der Waals surface area contributed by atoms with Crippen LogP contribution in [0.15, 0.2) is 40.2 Å². The van der Waals surface area contributed by atoms with Crippen molar-refractivity contribution in [2.24, 2.45) is 0 Å². The van der Waals surface area contributed by atoms with E-state index in [4.69, 9.17) is 0 Å². The maximum absolute atomic E-state index is 13.5. The van der Waals surface area contributed by atoms with Gasteiger partial charge in [0.1, 0.15) is 5.82 Å². The van der Waals surface area contributed by atoms with Crippen LogP contribution in [0.3, 0.4) is 0 Å². The maximum Gasteiger partial charge on any atom is 0.137 e. The smallest absolute Gasteiger partial charge is 0.137 e. The molecule has 1 heterocycles. The van der Waals surface area contributed by atoms with Crippen LogP contribution >= 0.6 is 27.3 Å². The van der Waals surface area contributed by atoms with Crippen molar-refractivity contribution in [3.05, 3.63) is 56.4 Å². The van der Waals surface area contributed by atoms with Gasteiger partial charge in [0.2, 0.25) is 0 Å². The van der Waals surface area contributed by atoms with E-state index in [-0.39, 0.29) is 11.9 Å². The first-order chi connectivity index (χ1) is 8.72. The number of hydrogen-bond donors (Lipinski definition) is 1. The van der Waals surface area contributed by atoms with Gasteiger partial charge < -0.3 is 5.32 Å². The Hall–Kier alpha value is -0.710. The average molecular weight is 328 g/mol. The molecule has 1 nitrogen and oxygen atoms in total. The van der Waals surface area contributed by atoms with E-state index in [0.717, 1.165) is 18.4 Å². The summed E-state index contributed by atoms with van der Waals surface area (Å²) in [5, 5.41) is 5.34. The van der Waals surface area contributed by atoms with Crippen LogP contribution in [0.2, 0.25) is 0 Å². The molecule has 0 spiro atoms. The Morgan fingerprint density at radius 2 is 2.17 bits per heavy atom. The molecule has 4 heteroatoms. The standard InChI is InChI=1S/C14H15BrFNS/c1-17-13(8-7-10-4-3-9-18-10)11-5-2-6-12(16)14(11)15/h2-6,9,13,17H,7-8H2,1H3. The second kappa shape index (κ2) is 6.45. The summed E-state index contributed by atoms with van der Waals surface area (Å²) in [7, 11) is 1.91. The van der Waals surface area contributed by atoms with Crippen molar-refractivity contribution in [3.63, 3.8) is 0 Å². The quantitative estimate of drug-likeness (QED) is 0.849. The molecule has 0 aliphatic heterocycles. The monoisotopic (exact) mass is 327 g/mol. The topological polar surface area (TPSA) is 12.0 Å². The number of halogens is 2. The van der Waals surface area contributed by atoms with E-state index in [1.807, 2.05) is 13.1 Å². The lowest BCUT2D eigenvalue weighted by Gasteiger charge is -2.18. The van der Waals surface area contributed by atoms with Gasteiger partial charge in [-0.3, -0.25) is 0 Å². The fourth-order valence-electron chi connectivity index (χ4n) is 1.99. The molecule has 1 unspecified atom stereocenters. The van der Waals surface area contributed by atoms with Crippen LogP contribution in [-0.2, 0) is 6.42 Å². The summed E-state index contributed by atoms with van der Waals surface area (Å²) in [6, 6.07) is 9.55. The Morgan fingerprint density at radius 1 is 1.33 bits per heavy atom. The predicted molar refractivity (Wildman–Crippen MR) is 78.5 cm³/mol. The molecule has 1 aromatic carbocycles. The molecule has 0 saturated heterocycles. The van der Waals surface area contributed by atoms with Gasteiger partial charge >= 0.3 is 0 Å². The average Bonchev–Trinajstić information content (AvgIpc) is 2.88. The number of aryl methyl sites for hydroxylation is 1. The zero-order valence-corrected chi connectivity index (χ0v) is 12.5. The molecule has 0 aliphatic carbocycles. The van der Waals surface area contributed by atoms with Gasteiger partial charge in [-0.2, -0.15) is 0 Å². The molecular weight excluding hydrogens is 313 g/mol. The van der Waals surface area contributed by atoms with Gasteiger partial charge in [-0.05, 0) is 58.9 Å². The highest BCUT2D eigenvalue weighted by molar-refractivity contribution is 9.10. The number of rotatable bonds is 5. The predicted octanol–water partition coefficient (Wildman–Crippen LogP) is 4.54. The third kappa shape index (κ3) is 3.19. The minimum absolute atomic E-state index is 0.164. The Morgan fingerprint density at radius 3 is 2.83 bits per heavy atom. The van der Waals surface area contributed by atoms with E-state index in [1.54, 1.807) is 17.4 Å².